The van der Waals surface area contributed by atoms with Crippen molar-refractivity contribution in [3.63, 3.8) is 0 Å². The Morgan fingerprint density at radius 3 is 1.69 bits per heavy atom. The molecule has 5 nitrogen and oxygen atoms in total. The van der Waals surface area contributed by atoms with Crippen LogP contribution in [0.5, 0.6) is 5.75 Å². The lowest BCUT2D eigenvalue weighted by molar-refractivity contribution is -0.0893. The van der Waals surface area contributed by atoms with Crippen molar-refractivity contribution in [2.75, 3.05) is 7.11 Å². The molecule has 1 aromatic heterocycles. The average molecular weight is 562 g/mol. The number of methoxy groups -OCH3 is 1. The van der Waals surface area contributed by atoms with E-state index in [1.54, 1.807) is 26.0 Å². The number of hydrogen-bond acceptors (Lipinski definition) is 4. The molecule has 0 spiro atoms. The largest absolute Gasteiger partial charge is 0.497 e. The van der Waals surface area contributed by atoms with Crippen molar-refractivity contribution < 1.29 is 18.9 Å². The molecular formula is C35H36BFN2O3. The van der Waals surface area contributed by atoms with E-state index in [1.165, 1.54) is 13.2 Å². The van der Waals surface area contributed by atoms with Gasteiger partial charge in [0.25, 0.3) is 0 Å². The summed E-state index contributed by atoms with van der Waals surface area (Å²) in [7, 11) is 1.61. The predicted molar refractivity (Wildman–Crippen MR) is 167 cm³/mol. The number of aromatic nitrogens is 2. The number of rotatable bonds is 10. The highest BCUT2D eigenvalue weighted by Gasteiger charge is 2.41. The van der Waals surface area contributed by atoms with E-state index in [9.17, 15) is 5.11 Å². The second-order valence-corrected chi connectivity index (χ2v) is 11.5. The summed E-state index contributed by atoms with van der Waals surface area (Å²) in [5.41, 5.74) is 1.57. The van der Waals surface area contributed by atoms with Gasteiger partial charge in [-0.1, -0.05) is 91.0 Å². The third-order valence-corrected chi connectivity index (χ3v) is 8.20. The van der Waals surface area contributed by atoms with Crippen LogP contribution in [0.3, 0.4) is 0 Å². The first-order valence-electron chi connectivity index (χ1n) is 14.0. The van der Waals surface area contributed by atoms with E-state index in [4.69, 9.17) is 14.5 Å². The minimum atomic E-state index is -1.11. The summed E-state index contributed by atoms with van der Waals surface area (Å²) in [4.78, 5) is 0. The first-order valence-corrected chi connectivity index (χ1v) is 14.0. The third-order valence-electron chi connectivity index (χ3n) is 8.20. The van der Waals surface area contributed by atoms with E-state index in [-0.39, 0.29) is 7.48 Å². The summed E-state index contributed by atoms with van der Waals surface area (Å²) in [5.74, 6) is -0.0313. The molecule has 0 unspecified atom stereocenters. The van der Waals surface area contributed by atoms with Gasteiger partial charge in [0.15, 0.2) is 0 Å². The second-order valence-electron chi connectivity index (χ2n) is 11.5. The molecule has 1 N–H and O–H groups in total. The Bertz CT molecular complexity index is 1540. The van der Waals surface area contributed by atoms with Crippen molar-refractivity contribution >= 4 is 12.9 Å². The van der Waals surface area contributed by atoms with Crippen molar-refractivity contribution in [3.05, 3.63) is 138 Å². The van der Waals surface area contributed by atoms with Gasteiger partial charge in [-0.15, -0.1) is 0 Å². The molecule has 0 amide bonds. The molecule has 4 aromatic carbocycles. The molecule has 0 atom stereocenters. The second kappa shape index (κ2) is 11.6. The molecular weight excluding hydrogens is 526 g/mol. The maximum Gasteiger partial charge on any atom is 0.313 e. The Morgan fingerprint density at radius 2 is 1.26 bits per heavy atom. The fourth-order valence-corrected chi connectivity index (χ4v) is 5.10. The molecule has 0 saturated carbocycles. The van der Waals surface area contributed by atoms with Crippen molar-refractivity contribution in [3.8, 4) is 17.0 Å². The van der Waals surface area contributed by atoms with Crippen LogP contribution in [0.25, 0.3) is 11.3 Å². The highest BCUT2D eigenvalue weighted by Crippen LogP contribution is 2.41. The summed E-state index contributed by atoms with van der Waals surface area (Å²) in [5, 5.41) is 15.9. The van der Waals surface area contributed by atoms with Crippen molar-refractivity contribution in [1.82, 2.24) is 9.78 Å². The van der Waals surface area contributed by atoms with Crippen LogP contribution >= 0.6 is 0 Å². The fourth-order valence-electron chi connectivity index (χ4n) is 5.10. The number of benzene rings is 4. The zero-order valence-electron chi connectivity index (χ0n) is 24.7. The highest BCUT2D eigenvalue weighted by molar-refractivity contribution is 6.49. The topological polar surface area (TPSA) is 56.5 Å². The van der Waals surface area contributed by atoms with Gasteiger partial charge < -0.3 is 14.5 Å². The lowest BCUT2D eigenvalue weighted by Gasteiger charge is -2.37. The molecule has 0 aliphatic carbocycles. The summed E-state index contributed by atoms with van der Waals surface area (Å²) in [6.45, 7) is 7.11. The summed E-state index contributed by atoms with van der Waals surface area (Å²) in [6.07, 6.45) is 1.94. The molecule has 7 heteroatoms. The quantitative estimate of drug-likeness (QED) is 0.166. The van der Waals surface area contributed by atoms with Gasteiger partial charge in [0.05, 0.1) is 24.0 Å². The molecule has 214 valence electrons. The lowest BCUT2D eigenvalue weighted by Crippen LogP contribution is -2.49. The van der Waals surface area contributed by atoms with Crippen molar-refractivity contribution in [1.29, 1.82) is 0 Å². The highest BCUT2D eigenvalue weighted by atomic mass is 19.1. The van der Waals surface area contributed by atoms with Gasteiger partial charge in [-0.05, 0) is 62.0 Å². The van der Waals surface area contributed by atoms with Crippen molar-refractivity contribution in [2.24, 2.45) is 0 Å². The van der Waals surface area contributed by atoms with Gasteiger partial charge in [-0.3, -0.25) is 4.68 Å². The van der Waals surface area contributed by atoms with Crippen LogP contribution in [0.1, 0.15) is 44.4 Å². The standard InChI is InChI=1S/C35H36BFN2O3/c1-33(2,40)34(3,4)42-36-30-24-39(38-32(30)29-22-21-28(41-5)23-31(29)37)35(25-15-9-6-10-16-25,26-17-11-7-12-18-26)27-19-13-8-14-20-27/h6-24,36,40H,1-5H3. The van der Waals surface area contributed by atoms with Crippen LogP contribution in [0.2, 0.25) is 0 Å². The molecule has 1 heterocycles. The van der Waals surface area contributed by atoms with E-state index in [0.29, 0.717) is 22.5 Å². The monoisotopic (exact) mass is 562 g/mol. The molecule has 0 radical (unpaired) electrons. The van der Waals surface area contributed by atoms with E-state index < -0.39 is 22.6 Å². The van der Waals surface area contributed by atoms with E-state index in [1.807, 2.05) is 79.3 Å². The van der Waals surface area contributed by atoms with Gasteiger partial charge in [0, 0.05) is 17.8 Å². The van der Waals surface area contributed by atoms with Crippen LogP contribution < -0.4 is 10.2 Å². The Hall–Kier alpha value is -4.20. The van der Waals surface area contributed by atoms with E-state index >= 15 is 4.39 Å². The smallest absolute Gasteiger partial charge is 0.313 e. The van der Waals surface area contributed by atoms with Crippen LogP contribution in [-0.2, 0) is 10.2 Å². The van der Waals surface area contributed by atoms with E-state index in [2.05, 4.69) is 36.4 Å². The Morgan fingerprint density at radius 1 is 0.762 bits per heavy atom. The molecule has 0 aliphatic rings. The number of ether oxygens (including phenoxy) is 1. The molecule has 5 aromatic rings. The maximum absolute atomic E-state index is 15.6. The summed E-state index contributed by atoms with van der Waals surface area (Å²) >= 11 is 0. The van der Waals surface area contributed by atoms with Crippen LogP contribution in [-0.4, -0.2) is 40.7 Å². The first kappa shape index (κ1) is 29.3. The van der Waals surface area contributed by atoms with Gasteiger partial charge in [0.2, 0.25) is 0 Å². The molecule has 0 aliphatic heterocycles. The van der Waals surface area contributed by atoms with Crippen LogP contribution in [0.15, 0.2) is 115 Å². The minimum Gasteiger partial charge on any atom is -0.497 e. The SMILES string of the molecule is COc1ccc(-c2nn(C(c3ccccc3)(c3ccccc3)c3ccccc3)cc2BOC(C)(C)C(C)(C)O)c(F)c1. The third kappa shape index (κ3) is 5.38. The maximum atomic E-state index is 15.6. The zero-order valence-corrected chi connectivity index (χ0v) is 24.7. The average Bonchev–Trinajstić information content (AvgIpc) is 3.41. The summed E-state index contributed by atoms with van der Waals surface area (Å²) < 4.78 is 29.1. The van der Waals surface area contributed by atoms with Crippen molar-refractivity contribution in [2.45, 2.75) is 44.4 Å². The molecule has 42 heavy (non-hydrogen) atoms. The Balaban J connectivity index is 1.80. The Kier molecular flexibility index (Phi) is 8.09. The normalized spacial score (nSPS) is 12.3. The van der Waals surface area contributed by atoms with Gasteiger partial charge in [-0.2, -0.15) is 5.10 Å². The Labute approximate surface area is 247 Å². The zero-order chi connectivity index (χ0) is 30.0. The molecule has 0 bridgehead atoms. The number of halogens is 1. The van der Waals surface area contributed by atoms with E-state index in [0.717, 1.165) is 16.7 Å². The molecule has 0 fully saturated rings. The van der Waals surface area contributed by atoms with Crippen LogP contribution in [0, 0.1) is 5.82 Å². The number of aliphatic hydroxyl groups is 1. The lowest BCUT2D eigenvalue weighted by atomic mass is 9.77. The van der Waals surface area contributed by atoms with Gasteiger partial charge in [-0.25, -0.2) is 4.39 Å². The summed E-state index contributed by atoms with van der Waals surface area (Å²) in [6, 6.07) is 35.3. The minimum absolute atomic E-state index is 0.103. The van der Waals surface area contributed by atoms with Crippen LogP contribution in [0.4, 0.5) is 4.39 Å². The molecule has 5 rings (SSSR count). The van der Waals surface area contributed by atoms with Gasteiger partial charge >= 0.3 is 7.48 Å². The number of hydrogen-bond donors (Lipinski definition) is 1. The molecule has 0 saturated heterocycles. The predicted octanol–water partition coefficient (Wildman–Crippen LogP) is 6.08. The fraction of sp³-hybridized carbons (Fsp3) is 0.229. The van der Waals surface area contributed by atoms with Gasteiger partial charge in [0.1, 0.15) is 17.1 Å². The number of nitrogens with zero attached hydrogens (tertiary/aromatic N) is 2. The first-order chi connectivity index (χ1) is 20.1.